The second kappa shape index (κ2) is 8.09. The fourth-order valence-electron chi connectivity index (χ4n) is 1.72. The number of thioether (sulfide) groups is 1. The molecular formula is C15H20O2S. The van der Waals surface area contributed by atoms with Crippen LogP contribution >= 0.6 is 11.8 Å². The van der Waals surface area contributed by atoms with E-state index in [4.69, 9.17) is 0 Å². The van der Waals surface area contributed by atoms with Crippen molar-refractivity contribution < 1.29 is 9.59 Å². The van der Waals surface area contributed by atoms with Crippen molar-refractivity contribution in [1.82, 2.24) is 0 Å². The normalized spacial score (nSPS) is 10.3. The second-order valence-electron chi connectivity index (χ2n) is 4.31. The summed E-state index contributed by atoms with van der Waals surface area (Å²) < 4.78 is 0. The fourth-order valence-corrected chi connectivity index (χ4v) is 2.30. The number of benzene rings is 1. The lowest BCUT2D eigenvalue weighted by molar-refractivity contribution is -0.109. The molecule has 1 rings (SSSR count). The average molecular weight is 264 g/mol. The number of hydrogen-bond acceptors (Lipinski definition) is 3. The summed E-state index contributed by atoms with van der Waals surface area (Å²) in [5.41, 5.74) is 2.03. The summed E-state index contributed by atoms with van der Waals surface area (Å²) in [6.45, 7) is 3.61. The molecule has 98 valence electrons. The van der Waals surface area contributed by atoms with Gasteiger partial charge in [-0.1, -0.05) is 43.0 Å². The number of aryl methyl sites for hydroxylation is 1. The highest BCUT2D eigenvalue weighted by Gasteiger charge is 2.04. The number of carbonyl (C=O) groups is 2. The van der Waals surface area contributed by atoms with Crippen LogP contribution in [0, 0.1) is 0 Å². The van der Waals surface area contributed by atoms with Crippen molar-refractivity contribution in [3.8, 4) is 0 Å². The Bertz CT molecular complexity index is 395. The van der Waals surface area contributed by atoms with Gasteiger partial charge in [0, 0.05) is 24.7 Å². The second-order valence-corrected chi connectivity index (χ2v) is 5.59. The number of hydrogen-bond donors (Lipinski definition) is 0. The molecule has 0 saturated heterocycles. The van der Waals surface area contributed by atoms with Crippen molar-refractivity contribution in [3.63, 3.8) is 0 Å². The van der Waals surface area contributed by atoms with Crippen LogP contribution in [0.2, 0.25) is 0 Å². The van der Waals surface area contributed by atoms with Crippen LogP contribution in [0.3, 0.4) is 0 Å². The first-order valence-corrected chi connectivity index (χ1v) is 7.37. The van der Waals surface area contributed by atoms with Gasteiger partial charge in [-0.05, 0) is 24.8 Å². The molecule has 3 heteroatoms. The molecule has 0 atom stereocenters. The number of ketones is 1. The maximum atomic E-state index is 11.7. The third-order valence-electron chi connectivity index (χ3n) is 2.67. The maximum absolute atomic E-state index is 11.7. The fraction of sp³-hybridized carbons (Fsp3) is 0.467. The molecule has 0 aliphatic rings. The largest absolute Gasteiger partial charge is 0.294 e. The summed E-state index contributed by atoms with van der Waals surface area (Å²) in [5, 5.41) is 0.176. The lowest BCUT2D eigenvalue weighted by atomic mass is 10.0. The average Bonchev–Trinajstić information content (AvgIpc) is 2.35. The van der Waals surface area contributed by atoms with Gasteiger partial charge in [-0.2, -0.15) is 0 Å². The molecule has 2 nitrogen and oxygen atoms in total. The first-order valence-electron chi connectivity index (χ1n) is 6.39. The topological polar surface area (TPSA) is 34.1 Å². The minimum Gasteiger partial charge on any atom is -0.294 e. The van der Waals surface area contributed by atoms with E-state index in [0.717, 1.165) is 30.6 Å². The van der Waals surface area contributed by atoms with E-state index < -0.39 is 0 Å². The molecule has 0 saturated carbocycles. The van der Waals surface area contributed by atoms with E-state index in [2.05, 4.69) is 0 Å². The zero-order valence-electron chi connectivity index (χ0n) is 11.1. The molecule has 0 unspecified atom stereocenters. The van der Waals surface area contributed by atoms with E-state index in [1.807, 2.05) is 31.2 Å². The zero-order valence-corrected chi connectivity index (χ0v) is 11.9. The zero-order chi connectivity index (χ0) is 13.4. The van der Waals surface area contributed by atoms with Crippen molar-refractivity contribution in [3.05, 3.63) is 35.4 Å². The van der Waals surface area contributed by atoms with E-state index >= 15 is 0 Å². The standard InChI is InChI=1S/C15H20O2S/c1-3-5-15(17)14-9-7-13(8-10-14)6-4-11-18-12(2)16/h7-10H,3-6,11H2,1-2H3. The Labute approximate surface area is 113 Å². The molecule has 0 bridgehead atoms. The maximum Gasteiger partial charge on any atom is 0.185 e. The SMILES string of the molecule is CCCC(=O)c1ccc(CCCSC(C)=O)cc1. The van der Waals surface area contributed by atoms with Crippen LogP contribution in [0.25, 0.3) is 0 Å². The third kappa shape index (κ3) is 5.50. The Morgan fingerprint density at radius 3 is 2.39 bits per heavy atom. The first-order chi connectivity index (χ1) is 8.63. The molecule has 0 N–H and O–H groups in total. The Kier molecular flexibility index (Phi) is 6.73. The molecule has 18 heavy (non-hydrogen) atoms. The van der Waals surface area contributed by atoms with Crippen molar-refractivity contribution in [1.29, 1.82) is 0 Å². The molecule has 0 heterocycles. The van der Waals surface area contributed by atoms with Gasteiger partial charge in [-0.3, -0.25) is 9.59 Å². The highest BCUT2D eigenvalue weighted by molar-refractivity contribution is 8.13. The van der Waals surface area contributed by atoms with Crippen LogP contribution in [0.5, 0.6) is 0 Å². The van der Waals surface area contributed by atoms with Gasteiger partial charge >= 0.3 is 0 Å². The number of Topliss-reactive ketones (excluding diaryl/α,β-unsaturated/α-hetero) is 1. The molecule has 0 radical (unpaired) electrons. The minimum absolute atomic E-state index is 0.176. The van der Waals surface area contributed by atoms with Crippen LogP contribution in [-0.4, -0.2) is 16.7 Å². The first kappa shape index (κ1) is 15.0. The smallest absolute Gasteiger partial charge is 0.185 e. The van der Waals surface area contributed by atoms with Gasteiger partial charge < -0.3 is 0 Å². The molecule has 0 spiro atoms. The predicted octanol–water partition coefficient (Wildman–Crippen LogP) is 3.88. The molecule has 0 aliphatic heterocycles. The monoisotopic (exact) mass is 264 g/mol. The van der Waals surface area contributed by atoms with Gasteiger partial charge in [-0.15, -0.1) is 0 Å². The lowest BCUT2D eigenvalue weighted by Crippen LogP contribution is -1.98. The highest BCUT2D eigenvalue weighted by Crippen LogP contribution is 2.11. The van der Waals surface area contributed by atoms with E-state index in [0.29, 0.717) is 6.42 Å². The Morgan fingerprint density at radius 1 is 1.17 bits per heavy atom. The molecule has 0 aliphatic carbocycles. The van der Waals surface area contributed by atoms with E-state index in [-0.39, 0.29) is 10.9 Å². The summed E-state index contributed by atoms with van der Waals surface area (Å²) in [4.78, 5) is 22.4. The van der Waals surface area contributed by atoms with E-state index in [1.54, 1.807) is 6.92 Å². The van der Waals surface area contributed by atoms with Gasteiger partial charge in [0.15, 0.2) is 10.9 Å². The van der Waals surface area contributed by atoms with Crippen molar-refractivity contribution >= 4 is 22.7 Å². The molecule has 0 fully saturated rings. The third-order valence-corrected chi connectivity index (χ3v) is 3.57. The lowest BCUT2D eigenvalue weighted by Gasteiger charge is -2.03. The van der Waals surface area contributed by atoms with Gasteiger partial charge in [0.1, 0.15) is 0 Å². The number of carbonyl (C=O) groups excluding carboxylic acids is 2. The quantitative estimate of drug-likeness (QED) is 0.553. The van der Waals surface area contributed by atoms with Crippen molar-refractivity contribution in [2.24, 2.45) is 0 Å². The number of rotatable bonds is 7. The van der Waals surface area contributed by atoms with Crippen LogP contribution in [0.4, 0.5) is 0 Å². The Morgan fingerprint density at radius 2 is 1.83 bits per heavy atom. The molecular weight excluding hydrogens is 244 g/mol. The van der Waals surface area contributed by atoms with Gasteiger partial charge in [0.05, 0.1) is 0 Å². The van der Waals surface area contributed by atoms with E-state index in [1.165, 1.54) is 17.3 Å². The minimum atomic E-state index is 0.176. The molecule has 1 aromatic carbocycles. The molecule has 1 aromatic rings. The molecule has 0 amide bonds. The summed E-state index contributed by atoms with van der Waals surface area (Å²) >= 11 is 1.37. The van der Waals surface area contributed by atoms with Gasteiger partial charge in [0.2, 0.25) is 0 Å². The van der Waals surface area contributed by atoms with Gasteiger partial charge in [-0.25, -0.2) is 0 Å². The summed E-state index contributed by atoms with van der Waals surface area (Å²) in [5.74, 6) is 1.09. The van der Waals surface area contributed by atoms with Crippen LogP contribution in [-0.2, 0) is 11.2 Å². The van der Waals surface area contributed by atoms with E-state index in [9.17, 15) is 9.59 Å². The van der Waals surface area contributed by atoms with Crippen LogP contribution in [0.15, 0.2) is 24.3 Å². The van der Waals surface area contributed by atoms with Crippen LogP contribution < -0.4 is 0 Å². The summed E-state index contributed by atoms with van der Waals surface area (Å²) in [6, 6.07) is 7.85. The molecule has 0 aromatic heterocycles. The highest BCUT2D eigenvalue weighted by atomic mass is 32.2. The van der Waals surface area contributed by atoms with Crippen molar-refractivity contribution in [2.75, 3.05) is 5.75 Å². The summed E-state index contributed by atoms with van der Waals surface area (Å²) in [7, 11) is 0. The van der Waals surface area contributed by atoms with Crippen LogP contribution in [0.1, 0.15) is 49.0 Å². The Balaban J connectivity index is 2.40. The van der Waals surface area contributed by atoms with Crippen molar-refractivity contribution in [2.45, 2.75) is 39.5 Å². The predicted molar refractivity (Wildman–Crippen MR) is 77.1 cm³/mol. The van der Waals surface area contributed by atoms with Gasteiger partial charge in [0.25, 0.3) is 0 Å². The summed E-state index contributed by atoms with van der Waals surface area (Å²) in [6.07, 6.45) is 3.46. The Hall–Kier alpha value is -1.09.